The molecule has 3 aromatic heterocycles. The molecule has 3 heterocycles. The van der Waals surface area contributed by atoms with E-state index in [4.69, 9.17) is 14.4 Å². The Bertz CT molecular complexity index is 2840. The number of rotatable bonds is 7. The molecule has 6 aromatic carbocycles. The summed E-state index contributed by atoms with van der Waals surface area (Å²) in [7, 11) is -1.35. The standard InChI is InChI=1S/C33H23N2O.C19H26NSi.Ir/c1-21-19-24(23-11-4-3-5-12-23)20-22(2)31(21)35-29-17-8-7-16-28(29)34-33(35)27-15-10-14-26-25-13-6-9-18-30(25)36-32(26)27;1-14(2)11-17-12-18(16-9-7-15(3)8-10-16)20-13-19(17)21(4,5)6;/h3-14,16-20H,1-2H3;7-9,12-14H,11H2,1-6H3;/q2*-1;. The van der Waals surface area contributed by atoms with Crippen LogP contribution < -0.4 is 5.19 Å². The third-order valence-corrected chi connectivity index (χ3v) is 12.7. The third kappa shape index (κ3) is 8.15. The van der Waals surface area contributed by atoms with Crippen molar-refractivity contribution in [2.24, 2.45) is 5.92 Å². The number of hydrogen-bond acceptors (Lipinski definition) is 3. The topological polar surface area (TPSA) is 43.9 Å². The first-order valence-electron chi connectivity index (χ1n) is 19.9. The number of hydrogen-bond donors (Lipinski definition) is 0. The Morgan fingerprint density at radius 3 is 2.16 bits per heavy atom. The molecule has 4 nitrogen and oxygen atoms in total. The van der Waals surface area contributed by atoms with Crippen LogP contribution in [0.5, 0.6) is 0 Å². The second-order valence-corrected chi connectivity index (χ2v) is 21.7. The number of fused-ring (bicyclic) bond motifs is 4. The van der Waals surface area contributed by atoms with Crippen molar-refractivity contribution >= 4 is 46.2 Å². The summed E-state index contributed by atoms with van der Waals surface area (Å²) in [5.74, 6) is 1.50. The molecule has 0 unspecified atom stereocenters. The largest absolute Gasteiger partial charge is 0.501 e. The van der Waals surface area contributed by atoms with Crippen LogP contribution in [0.2, 0.25) is 19.6 Å². The summed E-state index contributed by atoms with van der Waals surface area (Å²) < 4.78 is 8.65. The summed E-state index contributed by atoms with van der Waals surface area (Å²) >= 11 is 0. The minimum Gasteiger partial charge on any atom is -0.501 e. The summed E-state index contributed by atoms with van der Waals surface area (Å²) in [5, 5.41) is 3.67. The van der Waals surface area contributed by atoms with Gasteiger partial charge in [0.25, 0.3) is 0 Å². The molecule has 9 rings (SSSR count). The molecule has 0 aliphatic heterocycles. The van der Waals surface area contributed by atoms with Crippen molar-refractivity contribution < 1.29 is 24.5 Å². The van der Waals surface area contributed by atoms with E-state index in [1.807, 2.05) is 36.4 Å². The number of benzene rings is 6. The maximum atomic E-state index is 6.38. The molecule has 0 saturated carbocycles. The van der Waals surface area contributed by atoms with Gasteiger partial charge in [0.1, 0.15) is 5.58 Å². The van der Waals surface area contributed by atoms with E-state index in [2.05, 4.69) is 168 Å². The third-order valence-electron chi connectivity index (χ3n) is 10.6. The van der Waals surface area contributed by atoms with Crippen molar-refractivity contribution in [3.05, 3.63) is 168 Å². The van der Waals surface area contributed by atoms with Gasteiger partial charge in [-0.3, -0.25) is 4.98 Å². The molecular formula is C52H49IrN3OSi-2. The van der Waals surface area contributed by atoms with Crippen LogP contribution in [0, 0.1) is 38.8 Å². The Hall–Kier alpha value is -5.39. The molecule has 0 amide bonds. The van der Waals surface area contributed by atoms with Crippen LogP contribution in [0.4, 0.5) is 0 Å². The van der Waals surface area contributed by atoms with Gasteiger partial charge in [-0.05, 0) is 89.7 Å². The van der Waals surface area contributed by atoms with E-state index in [9.17, 15) is 0 Å². The van der Waals surface area contributed by atoms with E-state index in [1.54, 1.807) is 0 Å². The predicted molar refractivity (Wildman–Crippen MR) is 242 cm³/mol. The van der Waals surface area contributed by atoms with Crippen molar-refractivity contribution in [2.75, 3.05) is 0 Å². The Kier molecular flexibility index (Phi) is 11.8. The van der Waals surface area contributed by atoms with Crippen LogP contribution in [-0.2, 0) is 26.5 Å². The van der Waals surface area contributed by atoms with Gasteiger partial charge in [0.15, 0.2) is 0 Å². The minimum atomic E-state index is -1.35. The van der Waals surface area contributed by atoms with Crippen LogP contribution in [0.15, 0.2) is 138 Å². The van der Waals surface area contributed by atoms with Crippen LogP contribution in [-0.4, -0.2) is 22.6 Å². The van der Waals surface area contributed by atoms with Crippen LogP contribution in [0.3, 0.4) is 0 Å². The molecule has 6 heteroatoms. The zero-order chi connectivity index (χ0) is 39.8. The van der Waals surface area contributed by atoms with Crippen molar-refractivity contribution in [1.29, 1.82) is 0 Å². The van der Waals surface area contributed by atoms with E-state index in [1.165, 1.54) is 38.6 Å². The summed E-state index contributed by atoms with van der Waals surface area (Å²) in [6.07, 6.45) is 3.24. The van der Waals surface area contributed by atoms with E-state index < -0.39 is 8.07 Å². The van der Waals surface area contributed by atoms with Gasteiger partial charge in [-0.2, -0.15) is 0 Å². The maximum Gasteiger partial charge on any atom is 0.120 e. The zero-order valence-electron chi connectivity index (χ0n) is 34.6. The van der Waals surface area contributed by atoms with E-state index >= 15 is 0 Å². The second kappa shape index (κ2) is 16.8. The molecule has 0 N–H and O–H groups in total. The molecule has 0 spiro atoms. The van der Waals surface area contributed by atoms with Gasteiger partial charge in [-0.15, -0.1) is 53.6 Å². The fourth-order valence-corrected chi connectivity index (χ4v) is 9.56. The van der Waals surface area contributed by atoms with Gasteiger partial charge in [-0.1, -0.05) is 124 Å². The summed E-state index contributed by atoms with van der Waals surface area (Å²) in [4.78, 5) is 9.83. The molecule has 58 heavy (non-hydrogen) atoms. The predicted octanol–water partition coefficient (Wildman–Crippen LogP) is 13.3. The Morgan fingerprint density at radius 2 is 1.45 bits per heavy atom. The van der Waals surface area contributed by atoms with Crippen LogP contribution >= 0.6 is 0 Å². The number of pyridine rings is 1. The van der Waals surface area contributed by atoms with Gasteiger partial charge in [0.2, 0.25) is 0 Å². The van der Waals surface area contributed by atoms with E-state index in [-0.39, 0.29) is 20.1 Å². The number of furan rings is 1. The molecule has 0 atom stereocenters. The molecular weight excluding hydrogens is 903 g/mol. The SMILES string of the molecule is Cc1c[c-]c(-c2cc(CC(C)C)c([Si](C)(C)C)cn2)cc1.Cc1cc(-c2ccccc2)cc(C)c1-n1c(-c2[c-]ccc3c2oc2ccccc23)nc2ccccc21.[Ir]. The van der Waals surface area contributed by atoms with Crippen molar-refractivity contribution in [1.82, 2.24) is 14.5 Å². The molecule has 0 bridgehead atoms. The minimum absolute atomic E-state index is 0. The fraction of sp³-hybridized carbons (Fsp3) is 0.192. The Morgan fingerprint density at radius 1 is 0.741 bits per heavy atom. The summed E-state index contributed by atoms with van der Waals surface area (Å²) in [6, 6.07) is 50.9. The van der Waals surface area contributed by atoms with Gasteiger partial charge in [0.05, 0.1) is 30.5 Å². The first-order chi connectivity index (χ1) is 27.5. The molecule has 0 saturated heterocycles. The maximum absolute atomic E-state index is 6.38. The van der Waals surface area contributed by atoms with Gasteiger partial charge in [0, 0.05) is 37.4 Å². The summed E-state index contributed by atoms with van der Waals surface area (Å²) in [5.41, 5.74) is 15.4. The number of aromatic nitrogens is 3. The zero-order valence-corrected chi connectivity index (χ0v) is 38.0. The average molecular weight is 952 g/mol. The van der Waals surface area contributed by atoms with Crippen molar-refractivity contribution in [2.45, 2.75) is 60.7 Å². The van der Waals surface area contributed by atoms with Gasteiger partial charge >= 0.3 is 0 Å². The molecule has 0 fully saturated rings. The number of aryl methyl sites for hydroxylation is 3. The molecule has 9 aromatic rings. The smallest absolute Gasteiger partial charge is 0.120 e. The average Bonchev–Trinajstić information content (AvgIpc) is 3.77. The monoisotopic (exact) mass is 952 g/mol. The van der Waals surface area contributed by atoms with Gasteiger partial charge < -0.3 is 14.0 Å². The number of nitrogens with zero attached hydrogens (tertiary/aromatic N) is 3. The van der Waals surface area contributed by atoms with Crippen molar-refractivity contribution in [3.63, 3.8) is 0 Å². The number of imidazole rings is 1. The van der Waals surface area contributed by atoms with Gasteiger partial charge in [-0.25, -0.2) is 0 Å². The second-order valence-electron chi connectivity index (χ2n) is 16.6. The molecule has 0 aliphatic carbocycles. The van der Waals surface area contributed by atoms with Crippen LogP contribution in [0.25, 0.3) is 72.4 Å². The fourth-order valence-electron chi connectivity index (χ4n) is 7.97. The first-order valence-corrected chi connectivity index (χ1v) is 23.4. The molecule has 1 radical (unpaired) electrons. The quantitative estimate of drug-likeness (QED) is 0.118. The summed E-state index contributed by atoms with van der Waals surface area (Å²) in [6.45, 7) is 18.2. The Balaban J connectivity index is 0.000000200. The normalized spacial score (nSPS) is 11.5. The Labute approximate surface area is 357 Å². The molecule has 0 aliphatic rings. The van der Waals surface area contributed by atoms with E-state index in [0.29, 0.717) is 5.92 Å². The molecule has 293 valence electrons. The van der Waals surface area contributed by atoms with Crippen molar-refractivity contribution in [3.8, 4) is 39.5 Å². The van der Waals surface area contributed by atoms with E-state index in [0.717, 1.165) is 67.7 Å². The van der Waals surface area contributed by atoms with Crippen LogP contribution in [0.1, 0.15) is 36.1 Å². The first kappa shape index (κ1) is 40.8. The number of para-hydroxylation sites is 3.